The van der Waals surface area contributed by atoms with Crippen LogP contribution in [-0.4, -0.2) is 55.7 Å². The number of amides is 1. The first kappa shape index (κ1) is 18.8. The van der Waals surface area contributed by atoms with E-state index >= 15 is 0 Å². The SMILES string of the molecule is CC(OC(=O)COc1ccccc1)C(=O)N1CCN(c2ccccc2)CC1. The fraction of sp³-hybridized carbons (Fsp3) is 0.333. The summed E-state index contributed by atoms with van der Waals surface area (Å²) in [5.41, 5.74) is 1.15. The highest BCUT2D eigenvalue weighted by Crippen LogP contribution is 2.16. The van der Waals surface area contributed by atoms with E-state index in [0.717, 1.165) is 18.8 Å². The summed E-state index contributed by atoms with van der Waals surface area (Å²) >= 11 is 0. The molecule has 1 amide bonds. The van der Waals surface area contributed by atoms with E-state index in [1.165, 1.54) is 0 Å². The molecule has 27 heavy (non-hydrogen) atoms. The van der Waals surface area contributed by atoms with Crippen LogP contribution in [0.3, 0.4) is 0 Å². The number of piperazine rings is 1. The Hall–Kier alpha value is -3.02. The van der Waals surface area contributed by atoms with E-state index < -0.39 is 12.1 Å². The third-order valence-electron chi connectivity index (χ3n) is 4.47. The maximum atomic E-state index is 12.5. The molecular formula is C21H24N2O4. The lowest BCUT2D eigenvalue weighted by molar-refractivity contribution is -0.160. The monoisotopic (exact) mass is 368 g/mol. The van der Waals surface area contributed by atoms with Crippen molar-refractivity contribution in [2.75, 3.05) is 37.7 Å². The van der Waals surface area contributed by atoms with E-state index in [0.29, 0.717) is 18.8 Å². The Balaban J connectivity index is 1.43. The molecule has 0 bridgehead atoms. The summed E-state index contributed by atoms with van der Waals surface area (Å²) < 4.78 is 10.6. The zero-order valence-electron chi connectivity index (χ0n) is 15.4. The molecule has 1 aliphatic rings. The van der Waals surface area contributed by atoms with Crippen molar-refractivity contribution in [3.05, 3.63) is 60.7 Å². The first-order valence-corrected chi connectivity index (χ1v) is 9.09. The number of esters is 1. The third kappa shape index (κ3) is 5.23. The molecule has 0 aliphatic carbocycles. The predicted molar refractivity (Wildman–Crippen MR) is 103 cm³/mol. The lowest BCUT2D eigenvalue weighted by atomic mass is 10.2. The van der Waals surface area contributed by atoms with Crippen LogP contribution in [0.5, 0.6) is 5.75 Å². The van der Waals surface area contributed by atoms with Crippen molar-refractivity contribution in [2.24, 2.45) is 0 Å². The van der Waals surface area contributed by atoms with Crippen LogP contribution < -0.4 is 9.64 Å². The van der Waals surface area contributed by atoms with Crippen molar-refractivity contribution < 1.29 is 19.1 Å². The standard InChI is InChI=1S/C21H24N2O4/c1-17(27-20(24)16-26-19-10-6-3-7-11-19)21(25)23-14-12-22(13-15-23)18-8-4-2-5-9-18/h2-11,17H,12-16H2,1H3. The van der Waals surface area contributed by atoms with Gasteiger partial charge in [-0.3, -0.25) is 4.79 Å². The summed E-state index contributed by atoms with van der Waals surface area (Å²) in [6.45, 7) is 4.11. The van der Waals surface area contributed by atoms with Crippen LogP contribution in [0, 0.1) is 0 Å². The van der Waals surface area contributed by atoms with Gasteiger partial charge in [0.2, 0.25) is 0 Å². The minimum Gasteiger partial charge on any atom is -0.482 e. The summed E-state index contributed by atoms with van der Waals surface area (Å²) in [7, 11) is 0. The van der Waals surface area contributed by atoms with Crippen molar-refractivity contribution in [3.63, 3.8) is 0 Å². The molecule has 3 rings (SSSR count). The van der Waals surface area contributed by atoms with E-state index in [2.05, 4.69) is 17.0 Å². The summed E-state index contributed by atoms with van der Waals surface area (Å²) in [4.78, 5) is 28.5. The normalized spacial score (nSPS) is 15.1. The first-order chi connectivity index (χ1) is 13.1. The Morgan fingerprint density at radius 1 is 0.926 bits per heavy atom. The molecule has 1 atom stereocenters. The molecule has 0 saturated carbocycles. The molecule has 0 aromatic heterocycles. The molecule has 1 aliphatic heterocycles. The van der Waals surface area contributed by atoms with Gasteiger partial charge in [-0.25, -0.2) is 4.79 Å². The van der Waals surface area contributed by atoms with E-state index in [1.54, 1.807) is 24.0 Å². The van der Waals surface area contributed by atoms with Crippen molar-refractivity contribution >= 4 is 17.6 Å². The number of hydrogen-bond donors (Lipinski definition) is 0. The highest BCUT2D eigenvalue weighted by atomic mass is 16.6. The molecule has 1 unspecified atom stereocenters. The van der Waals surface area contributed by atoms with Gasteiger partial charge in [-0.15, -0.1) is 0 Å². The number of para-hydroxylation sites is 2. The van der Waals surface area contributed by atoms with Crippen LogP contribution in [0.1, 0.15) is 6.92 Å². The van der Waals surface area contributed by atoms with Crippen molar-refractivity contribution in [1.29, 1.82) is 0 Å². The van der Waals surface area contributed by atoms with Crippen LogP contribution in [-0.2, 0) is 14.3 Å². The lowest BCUT2D eigenvalue weighted by Crippen LogP contribution is -2.51. The lowest BCUT2D eigenvalue weighted by Gasteiger charge is -2.37. The molecule has 1 fully saturated rings. The predicted octanol–water partition coefficient (Wildman–Crippen LogP) is 2.35. The van der Waals surface area contributed by atoms with Crippen LogP contribution in [0.15, 0.2) is 60.7 Å². The van der Waals surface area contributed by atoms with Crippen LogP contribution in [0.25, 0.3) is 0 Å². The van der Waals surface area contributed by atoms with Gasteiger partial charge in [0.25, 0.3) is 5.91 Å². The molecule has 1 saturated heterocycles. The second kappa shape index (κ2) is 9.07. The Labute approximate surface area is 159 Å². The van der Waals surface area contributed by atoms with E-state index in [1.807, 2.05) is 36.4 Å². The molecule has 2 aromatic carbocycles. The van der Waals surface area contributed by atoms with Gasteiger partial charge in [0.15, 0.2) is 12.7 Å². The molecule has 0 radical (unpaired) electrons. The Morgan fingerprint density at radius 3 is 2.15 bits per heavy atom. The minimum absolute atomic E-state index is 0.171. The van der Waals surface area contributed by atoms with Gasteiger partial charge in [0, 0.05) is 31.9 Å². The van der Waals surface area contributed by atoms with Gasteiger partial charge >= 0.3 is 5.97 Å². The third-order valence-corrected chi connectivity index (χ3v) is 4.47. The first-order valence-electron chi connectivity index (χ1n) is 9.09. The second-order valence-corrected chi connectivity index (χ2v) is 6.38. The van der Waals surface area contributed by atoms with Crippen LogP contribution in [0.2, 0.25) is 0 Å². The van der Waals surface area contributed by atoms with Crippen molar-refractivity contribution in [1.82, 2.24) is 4.90 Å². The maximum Gasteiger partial charge on any atom is 0.344 e. The van der Waals surface area contributed by atoms with E-state index in [-0.39, 0.29) is 12.5 Å². The second-order valence-electron chi connectivity index (χ2n) is 6.38. The molecule has 6 nitrogen and oxygen atoms in total. The summed E-state index contributed by atoms with van der Waals surface area (Å²) in [5.74, 6) is -0.135. The number of anilines is 1. The number of carbonyl (C=O) groups is 2. The molecule has 0 spiro atoms. The van der Waals surface area contributed by atoms with E-state index in [4.69, 9.17) is 9.47 Å². The molecule has 1 heterocycles. The zero-order chi connectivity index (χ0) is 19.1. The average molecular weight is 368 g/mol. The van der Waals surface area contributed by atoms with Crippen LogP contribution in [0.4, 0.5) is 5.69 Å². The molecule has 0 N–H and O–H groups in total. The molecule has 2 aromatic rings. The Kier molecular flexibility index (Phi) is 6.30. The quantitative estimate of drug-likeness (QED) is 0.733. The molecular weight excluding hydrogens is 344 g/mol. The van der Waals surface area contributed by atoms with Gasteiger partial charge in [-0.1, -0.05) is 36.4 Å². The molecule has 6 heteroatoms. The van der Waals surface area contributed by atoms with Gasteiger partial charge in [-0.2, -0.15) is 0 Å². The average Bonchev–Trinajstić information content (AvgIpc) is 2.73. The summed E-state index contributed by atoms with van der Waals surface area (Å²) in [6, 6.07) is 19.2. The van der Waals surface area contributed by atoms with Crippen molar-refractivity contribution in [3.8, 4) is 5.75 Å². The van der Waals surface area contributed by atoms with Crippen molar-refractivity contribution in [2.45, 2.75) is 13.0 Å². The van der Waals surface area contributed by atoms with Gasteiger partial charge in [-0.05, 0) is 31.2 Å². The fourth-order valence-corrected chi connectivity index (χ4v) is 3.02. The fourth-order valence-electron chi connectivity index (χ4n) is 3.02. The van der Waals surface area contributed by atoms with E-state index in [9.17, 15) is 9.59 Å². The largest absolute Gasteiger partial charge is 0.482 e. The minimum atomic E-state index is -0.819. The zero-order valence-corrected chi connectivity index (χ0v) is 15.4. The number of nitrogens with zero attached hydrogens (tertiary/aromatic N) is 2. The topological polar surface area (TPSA) is 59.1 Å². The van der Waals surface area contributed by atoms with Gasteiger partial charge < -0.3 is 19.3 Å². The number of rotatable bonds is 6. The maximum absolute atomic E-state index is 12.5. The summed E-state index contributed by atoms with van der Waals surface area (Å²) in [5, 5.41) is 0. The smallest absolute Gasteiger partial charge is 0.344 e. The number of benzene rings is 2. The highest BCUT2D eigenvalue weighted by molar-refractivity contribution is 5.84. The Morgan fingerprint density at radius 2 is 1.52 bits per heavy atom. The Bertz CT molecular complexity index is 743. The summed E-state index contributed by atoms with van der Waals surface area (Å²) in [6.07, 6.45) is -0.819. The van der Waals surface area contributed by atoms with Gasteiger partial charge in [0.1, 0.15) is 5.75 Å². The number of ether oxygens (including phenoxy) is 2. The van der Waals surface area contributed by atoms with Gasteiger partial charge in [0.05, 0.1) is 0 Å². The van der Waals surface area contributed by atoms with Crippen LogP contribution >= 0.6 is 0 Å². The number of carbonyl (C=O) groups excluding carboxylic acids is 2. The molecule has 142 valence electrons. The highest BCUT2D eigenvalue weighted by Gasteiger charge is 2.27. The number of hydrogen-bond acceptors (Lipinski definition) is 5.